The largest absolute Gasteiger partial charge is 0.487 e. The van der Waals surface area contributed by atoms with Gasteiger partial charge in [-0.1, -0.05) is 24.3 Å². The number of nitrogens with zero attached hydrogens (tertiary/aromatic N) is 1. The van der Waals surface area contributed by atoms with E-state index in [1.54, 1.807) is 12.1 Å². The molecule has 0 fully saturated rings. The van der Waals surface area contributed by atoms with Crippen molar-refractivity contribution in [2.75, 3.05) is 6.54 Å². The van der Waals surface area contributed by atoms with E-state index in [9.17, 15) is 9.50 Å². The fourth-order valence-electron chi connectivity index (χ4n) is 3.43. The lowest BCUT2D eigenvalue weighted by molar-refractivity contribution is 0.0694. The molecule has 1 aliphatic rings. The third-order valence-electron chi connectivity index (χ3n) is 4.73. The van der Waals surface area contributed by atoms with E-state index in [1.807, 2.05) is 25.1 Å². The number of aliphatic hydroxyl groups is 1. The van der Waals surface area contributed by atoms with Crippen molar-refractivity contribution in [3.05, 3.63) is 65.0 Å². The lowest BCUT2D eigenvalue weighted by atomic mass is 9.90. The van der Waals surface area contributed by atoms with Gasteiger partial charge < -0.3 is 20.5 Å². The van der Waals surface area contributed by atoms with Gasteiger partial charge in [-0.3, -0.25) is 0 Å². The van der Waals surface area contributed by atoms with Crippen molar-refractivity contribution < 1.29 is 14.2 Å². The van der Waals surface area contributed by atoms with Crippen LogP contribution in [0.1, 0.15) is 49.9 Å². The second kappa shape index (κ2) is 8.61. The van der Waals surface area contributed by atoms with Crippen molar-refractivity contribution in [3.63, 3.8) is 0 Å². The normalized spacial score (nSPS) is 18.2. The van der Waals surface area contributed by atoms with Crippen molar-refractivity contribution in [1.29, 1.82) is 0 Å². The van der Waals surface area contributed by atoms with Crippen molar-refractivity contribution >= 4 is 5.96 Å². The third kappa shape index (κ3) is 4.81. The minimum Gasteiger partial charge on any atom is -0.487 e. The average Bonchev–Trinajstić information content (AvgIpc) is 2.66. The summed E-state index contributed by atoms with van der Waals surface area (Å²) in [5, 5.41) is 16.0. The van der Waals surface area contributed by atoms with Gasteiger partial charge in [-0.05, 0) is 44.5 Å². The molecule has 2 aromatic rings. The number of guanidine groups is 1. The summed E-state index contributed by atoms with van der Waals surface area (Å²) in [5.41, 5.74) is 1.95. The fourth-order valence-corrected chi connectivity index (χ4v) is 3.43. The van der Waals surface area contributed by atoms with E-state index in [1.165, 1.54) is 6.07 Å². The highest BCUT2D eigenvalue weighted by Gasteiger charge is 2.33. The summed E-state index contributed by atoms with van der Waals surface area (Å²) in [6.07, 6.45) is 0.805. The topological polar surface area (TPSA) is 65.9 Å². The van der Waals surface area contributed by atoms with E-state index in [0.29, 0.717) is 12.5 Å². The predicted octanol–water partition coefficient (Wildman–Crippen LogP) is 3.68. The fraction of sp³-hybridized carbons (Fsp3) is 0.409. The molecule has 5 nitrogen and oxygen atoms in total. The Kier molecular flexibility index (Phi) is 6.19. The Bertz CT molecular complexity index is 851. The molecular weight excluding hydrogens is 357 g/mol. The van der Waals surface area contributed by atoms with Gasteiger partial charge in [0.1, 0.15) is 17.2 Å². The smallest absolute Gasteiger partial charge is 0.192 e. The third-order valence-corrected chi connectivity index (χ3v) is 4.73. The Hall–Kier alpha value is -2.60. The molecule has 6 heteroatoms. The van der Waals surface area contributed by atoms with Gasteiger partial charge in [0.05, 0.1) is 19.2 Å². The number of rotatable bonds is 5. The maximum Gasteiger partial charge on any atom is 0.192 e. The van der Waals surface area contributed by atoms with Crippen molar-refractivity contribution in [2.45, 2.75) is 52.0 Å². The van der Waals surface area contributed by atoms with E-state index in [-0.39, 0.29) is 23.8 Å². The van der Waals surface area contributed by atoms with Crippen LogP contribution in [0.5, 0.6) is 5.75 Å². The number of aliphatic imine (C=N–C) groups is 1. The van der Waals surface area contributed by atoms with Gasteiger partial charge >= 0.3 is 0 Å². The molecule has 0 saturated heterocycles. The number of hydrogen-bond donors (Lipinski definition) is 3. The van der Waals surface area contributed by atoms with E-state index in [4.69, 9.17) is 4.74 Å². The van der Waals surface area contributed by atoms with Gasteiger partial charge in [0, 0.05) is 24.1 Å². The SMILES string of the molecule is CCNC(=NCc1ccc(F)c(CO)c1)NC1CC(C)(C)Oc2ccccc21. The number of fused-ring (bicyclic) bond motifs is 1. The molecule has 1 unspecified atom stereocenters. The van der Waals surface area contributed by atoms with Gasteiger partial charge in [0.15, 0.2) is 5.96 Å². The van der Waals surface area contributed by atoms with Gasteiger partial charge in [-0.25, -0.2) is 9.38 Å². The quantitative estimate of drug-likeness (QED) is 0.543. The zero-order chi connectivity index (χ0) is 20.1. The number of aliphatic hydroxyl groups excluding tert-OH is 1. The van der Waals surface area contributed by atoms with Crippen LogP contribution in [0.2, 0.25) is 0 Å². The number of halogens is 1. The van der Waals surface area contributed by atoms with Crippen LogP contribution in [-0.2, 0) is 13.2 Å². The molecule has 0 amide bonds. The number of para-hydroxylation sites is 1. The summed E-state index contributed by atoms with van der Waals surface area (Å²) in [7, 11) is 0. The van der Waals surface area contributed by atoms with E-state index in [0.717, 1.165) is 29.8 Å². The van der Waals surface area contributed by atoms with Crippen molar-refractivity contribution in [2.24, 2.45) is 4.99 Å². The van der Waals surface area contributed by atoms with Crippen LogP contribution < -0.4 is 15.4 Å². The molecule has 3 N–H and O–H groups in total. The lowest BCUT2D eigenvalue weighted by Crippen LogP contribution is -2.45. The van der Waals surface area contributed by atoms with Crippen molar-refractivity contribution in [3.8, 4) is 5.75 Å². The van der Waals surface area contributed by atoms with E-state index in [2.05, 4.69) is 35.5 Å². The molecule has 0 bridgehead atoms. The van der Waals surface area contributed by atoms with Gasteiger partial charge in [0.25, 0.3) is 0 Å². The van der Waals surface area contributed by atoms with Crippen LogP contribution >= 0.6 is 0 Å². The predicted molar refractivity (Wildman–Crippen MR) is 109 cm³/mol. The molecule has 0 aliphatic carbocycles. The molecule has 28 heavy (non-hydrogen) atoms. The summed E-state index contributed by atoms with van der Waals surface area (Å²) in [5.74, 6) is 1.18. The van der Waals surface area contributed by atoms with E-state index < -0.39 is 5.82 Å². The summed E-state index contributed by atoms with van der Waals surface area (Å²) >= 11 is 0. The van der Waals surface area contributed by atoms with Gasteiger partial charge in [-0.15, -0.1) is 0 Å². The van der Waals surface area contributed by atoms with Gasteiger partial charge in [0.2, 0.25) is 0 Å². The summed E-state index contributed by atoms with van der Waals surface area (Å²) < 4.78 is 19.7. The maximum atomic E-state index is 13.6. The van der Waals surface area contributed by atoms with Crippen LogP contribution in [0.3, 0.4) is 0 Å². The highest BCUT2D eigenvalue weighted by molar-refractivity contribution is 5.80. The average molecular weight is 385 g/mol. The number of benzene rings is 2. The molecule has 3 rings (SSSR count). The second-order valence-electron chi connectivity index (χ2n) is 7.58. The van der Waals surface area contributed by atoms with Crippen LogP contribution in [0.4, 0.5) is 4.39 Å². The first-order chi connectivity index (χ1) is 13.4. The Morgan fingerprint density at radius 1 is 1.29 bits per heavy atom. The summed E-state index contributed by atoms with van der Waals surface area (Å²) in [6, 6.07) is 12.8. The Balaban J connectivity index is 1.80. The summed E-state index contributed by atoms with van der Waals surface area (Å²) in [6.45, 7) is 6.96. The van der Waals surface area contributed by atoms with Crippen molar-refractivity contribution in [1.82, 2.24) is 10.6 Å². The molecule has 1 atom stereocenters. The number of nitrogens with one attached hydrogen (secondary N) is 2. The van der Waals surface area contributed by atoms with Gasteiger partial charge in [-0.2, -0.15) is 0 Å². The molecule has 1 aliphatic heterocycles. The monoisotopic (exact) mass is 385 g/mol. The Morgan fingerprint density at radius 3 is 2.82 bits per heavy atom. The molecule has 0 radical (unpaired) electrons. The lowest BCUT2D eigenvalue weighted by Gasteiger charge is -2.38. The Labute approximate surface area is 165 Å². The molecule has 0 spiro atoms. The molecule has 1 heterocycles. The molecular formula is C22H28FN3O2. The van der Waals surface area contributed by atoms with Crippen LogP contribution in [0.25, 0.3) is 0 Å². The first kappa shape index (κ1) is 20.1. The molecule has 0 saturated carbocycles. The van der Waals surface area contributed by atoms with E-state index >= 15 is 0 Å². The first-order valence-electron chi connectivity index (χ1n) is 9.63. The van der Waals surface area contributed by atoms with Crippen LogP contribution in [-0.4, -0.2) is 23.2 Å². The highest BCUT2D eigenvalue weighted by Crippen LogP contribution is 2.39. The molecule has 150 valence electrons. The zero-order valence-electron chi connectivity index (χ0n) is 16.6. The molecule has 2 aromatic carbocycles. The Morgan fingerprint density at radius 2 is 2.07 bits per heavy atom. The standard InChI is InChI=1S/C22H28FN3O2/c1-4-24-21(25-13-15-9-10-18(23)16(11-15)14-27)26-19-12-22(2,3)28-20-8-6-5-7-17(19)20/h5-11,19,27H,4,12-14H2,1-3H3,(H2,24,25,26). The van der Waals surface area contributed by atoms with Crippen LogP contribution in [0, 0.1) is 5.82 Å². The second-order valence-corrected chi connectivity index (χ2v) is 7.58. The number of hydrogen-bond acceptors (Lipinski definition) is 3. The first-order valence-corrected chi connectivity index (χ1v) is 9.63. The zero-order valence-corrected chi connectivity index (χ0v) is 16.6. The number of ether oxygens (including phenoxy) is 1. The minimum absolute atomic E-state index is 0.0685. The highest BCUT2D eigenvalue weighted by atomic mass is 19.1. The van der Waals surface area contributed by atoms with Crippen LogP contribution in [0.15, 0.2) is 47.5 Å². The minimum atomic E-state index is -0.402. The molecule has 0 aromatic heterocycles. The summed E-state index contributed by atoms with van der Waals surface area (Å²) in [4.78, 5) is 4.65. The maximum absolute atomic E-state index is 13.6.